The standard InChI is InChI=1S/C16H12N2O3/c19-13(11-7-3-1-4-8-11)16(12-9-5-2-6-10-12)14(20)17-15(21)18-16/h1-10H,(H2,17,18,20,21). The highest BCUT2D eigenvalue weighted by atomic mass is 16.2. The highest BCUT2D eigenvalue weighted by Gasteiger charge is 2.53. The summed E-state index contributed by atoms with van der Waals surface area (Å²) in [6.45, 7) is 0. The summed E-state index contributed by atoms with van der Waals surface area (Å²) in [5, 5.41) is 4.63. The van der Waals surface area contributed by atoms with Crippen LogP contribution in [0.2, 0.25) is 0 Å². The topological polar surface area (TPSA) is 75.3 Å². The lowest BCUT2D eigenvalue weighted by Crippen LogP contribution is -2.50. The largest absolute Gasteiger partial charge is 0.323 e. The monoisotopic (exact) mass is 280 g/mol. The highest BCUT2D eigenvalue weighted by molar-refractivity contribution is 6.25. The SMILES string of the molecule is O=C1NC(=O)C(C(=O)c2ccccc2)(c2ccccc2)N1. The molecule has 0 bridgehead atoms. The molecular weight excluding hydrogens is 268 g/mol. The Hall–Kier alpha value is -2.95. The average Bonchev–Trinajstić information content (AvgIpc) is 2.84. The maximum Gasteiger partial charge on any atom is 0.323 e. The first-order valence-corrected chi connectivity index (χ1v) is 6.43. The third-order valence-corrected chi connectivity index (χ3v) is 3.45. The minimum atomic E-state index is -1.71. The molecule has 3 amide bonds. The van der Waals surface area contributed by atoms with Crippen molar-refractivity contribution in [3.63, 3.8) is 0 Å². The van der Waals surface area contributed by atoms with Crippen molar-refractivity contribution in [1.82, 2.24) is 10.6 Å². The first kappa shape index (κ1) is 13.1. The molecular formula is C16H12N2O3. The van der Waals surface area contributed by atoms with Crippen molar-refractivity contribution in [1.29, 1.82) is 0 Å². The van der Waals surface area contributed by atoms with E-state index in [0.717, 1.165) is 0 Å². The predicted octanol–water partition coefficient (Wildman–Crippen LogP) is 1.60. The Balaban J connectivity index is 2.17. The third-order valence-electron chi connectivity index (χ3n) is 3.45. The molecule has 1 aliphatic heterocycles. The molecule has 5 heteroatoms. The number of hydrogen-bond acceptors (Lipinski definition) is 3. The van der Waals surface area contributed by atoms with E-state index in [1.807, 2.05) is 0 Å². The number of rotatable bonds is 3. The fourth-order valence-electron chi connectivity index (χ4n) is 2.44. The number of nitrogens with one attached hydrogen (secondary N) is 2. The molecule has 1 aliphatic rings. The van der Waals surface area contributed by atoms with E-state index in [1.54, 1.807) is 60.7 Å². The summed E-state index contributed by atoms with van der Waals surface area (Å²) in [5.74, 6) is -1.12. The first-order chi connectivity index (χ1) is 10.1. The van der Waals surface area contributed by atoms with E-state index in [-0.39, 0.29) is 0 Å². The zero-order valence-corrected chi connectivity index (χ0v) is 11.0. The summed E-state index contributed by atoms with van der Waals surface area (Å²) in [6, 6.07) is 16.3. The molecule has 1 saturated heterocycles. The van der Waals surface area contributed by atoms with Gasteiger partial charge in [0.15, 0.2) is 0 Å². The molecule has 1 heterocycles. The van der Waals surface area contributed by atoms with Gasteiger partial charge in [0.05, 0.1) is 0 Å². The van der Waals surface area contributed by atoms with Gasteiger partial charge in [-0.1, -0.05) is 60.7 Å². The van der Waals surface area contributed by atoms with Crippen LogP contribution in [0.3, 0.4) is 0 Å². The number of carbonyl (C=O) groups excluding carboxylic acids is 3. The Kier molecular flexibility index (Phi) is 3.02. The van der Waals surface area contributed by atoms with Crippen LogP contribution in [-0.2, 0) is 10.3 Å². The normalized spacial score (nSPS) is 20.8. The molecule has 1 unspecified atom stereocenters. The molecule has 0 spiro atoms. The lowest BCUT2D eigenvalue weighted by atomic mass is 9.82. The fraction of sp³-hybridized carbons (Fsp3) is 0.0625. The Labute approximate surface area is 121 Å². The molecule has 0 saturated carbocycles. The summed E-state index contributed by atoms with van der Waals surface area (Å²) in [6.07, 6.45) is 0. The van der Waals surface area contributed by atoms with E-state index in [2.05, 4.69) is 10.6 Å². The van der Waals surface area contributed by atoms with Crippen molar-refractivity contribution in [3.05, 3.63) is 71.8 Å². The van der Waals surface area contributed by atoms with Crippen molar-refractivity contribution in [2.45, 2.75) is 5.54 Å². The number of urea groups is 1. The van der Waals surface area contributed by atoms with Crippen molar-refractivity contribution in [2.24, 2.45) is 0 Å². The molecule has 0 aromatic heterocycles. The number of carbonyl (C=O) groups is 3. The van der Waals surface area contributed by atoms with Crippen LogP contribution >= 0.6 is 0 Å². The Morgan fingerprint density at radius 2 is 1.43 bits per heavy atom. The third kappa shape index (κ3) is 1.99. The lowest BCUT2D eigenvalue weighted by molar-refractivity contribution is -0.122. The second kappa shape index (κ2) is 4.86. The van der Waals surface area contributed by atoms with Gasteiger partial charge in [-0.2, -0.15) is 0 Å². The van der Waals surface area contributed by atoms with Crippen LogP contribution < -0.4 is 10.6 Å². The number of hydrogen-bond donors (Lipinski definition) is 2. The average molecular weight is 280 g/mol. The van der Waals surface area contributed by atoms with Gasteiger partial charge in [0.25, 0.3) is 5.91 Å². The van der Waals surface area contributed by atoms with Crippen LogP contribution in [0.25, 0.3) is 0 Å². The van der Waals surface area contributed by atoms with Crippen LogP contribution in [0.1, 0.15) is 15.9 Å². The Morgan fingerprint density at radius 3 is 1.95 bits per heavy atom. The van der Waals surface area contributed by atoms with Crippen LogP contribution in [0.4, 0.5) is 4.79 Å². The maximum absolute atomic E-state index is 12.8. The van der Waals surface area contributed by atoms with Crippen molar-refractivity contribution in [2.75, 3.05) is 0 Å². The quantitative estimate of drug-likeness (QED) is 0.509. The van der Waals surface area contributed by atoms with E-state index < -0.39 is 23.3 Å². The molecule has 0 aliphatic carbocycles. The van der Waals surface area contributed by atoms with Gasteiger partial charge in [-0.3, -0.25) is 14.9 Å². The zero-order valence-electron chi connectivity index (χ0n) is 11.0. The second-order valence-electron chi connectivity index (χ2n) is 4.72. The Bertz CT molecular complexity index is 713. The summed E-state index contributed by atoms with van der Waals surface area (Å²) < 4.78 is 0. The van der Waals surface area contributed by atoms with Crippen LogP contribution in [0, 0.1) is 0 Å². The highest BCUT2D eigenvalue weighted by Crippen LogP contribution is 2.29. The van der Waals surface area contributed by atoms with Gasteiger partial charge < -0.3 is 5.32 Å². The predicted molar refractivity (Wildman–Crippen MR) is 75.6 cm³/mol. The zero-order chi connectivity index (χ0) is 14.9. The molecule has 2 aromatic carbocycles. The number of amides is 3. The van der Waals surface area contributed by atoms with Gasteiger partial charge in [-0.25, -0.2) is 4.79 Å². The van der Waals surface area contributed by atoms with E-state index in [9.17, 15) is 14.4 Å². The van der Waals surface area contributed by atoms with Gasteiger partial charge >= 0.3 is 6.03 Å². The summed E-state index contributed by atoms with van der Waals surface area (Å²) in [7, 11) is 0. The fourth-order valence-corrected chi connectivity index (χ4v) is 2.44. The molecule has 1 atom stereocenters. The maximum atomic E-state index is 12.8. The molecule has 3 rings (SSSR count). The van der Waals surface area contributed by atoms with E-state index in [4.69, 9.17) is 0 Å². The minimum absolute atomic E-state index is 0.360. The number of benzene rings is 2. The smallest absolute Gasteiger partial charge is 0.313 e. The van der Waals surface area contributed by atoms with Gasteiger partial charge in [0.1, 0.15) is 0 Å². The number of imide groups is 1. The molecule has 104 valence electrons. The Morgan fingerprint density at radius 1 is 0.857 bits per heavy atom. The molecule has 1 fully saturated rings. The molecule has 2 aromatic rings. The molecule has 2 N–H and O–H groups in total. The van der Waals surface area contributed by atoms with Crippen LogP contribution in [0.15, 0.2) is 60.7 Å². The second-order valence-corrected chi connectivity index (χ2v) is 4.72. The summed E-state index contributed by atoms with van der Waals surface area (Å²) in [5.41, 5.74) is -0.916. The van der Waals surface area contributed by atoms with Crippen molar-refractivity contribution >= 4 is 17.7 Å². The van der Waals surface area contributed by atoms with Crippen molar-refractivity contribution in [3.8, 4) is 0 Å². The van der Waals surface area contributed by atoms with Gasteiger partial charge in [-0.15, -0.1) is 0 Å². The van der Waals surface area contributed by atoms with E-state index in [1.165, 1.54) is 0 Å². The number of Topliss-reactive ketones (excluding diaryl/α,β-unsaturated/α-hetero) is 1. The minimum Gasteiger partial charge on any atom is -0.313 e. The van der Waals surface area contributed by atoms with Crippen LogP contribution in [0.5, 0.6) is 0 Å². The van der Waals surface area contributed by atoms with Crippen LogP contribution in [-0.4, -0.2) is 17.7 Å². The van der Waals surface area contributed by atoms with Crippen molar-refractivity contribution < 1.29 is 14.4 Å². The summed E-state index contributed by atoms with van der Waals surface area (Å²) >= 11 is 0. The molecule has 5 nitrogen and oxygen atoms in total. The van der Waals surface area contributed by atoms with E-state index >= 15 is 0 Å². The molecule has 0 radical (unpaired) electrons. The van der Waals surface area contributed by atoms with E-state index in [0.29, 0.717) is 11.1 Å². The summed E-state index contributed by atoms with van der Waals surface area (Å²) in [4.78, 5) is 36.7. The van der Waals surface area contributed by atoms with Gasteiger partial charge in [0, 0.05) is 5.56 Å². The van der Waals surface area contributed by atoms with Gasteiger partial charge in [0.2, 0.25) is 11.3 Å². The lowest BCUT2D eigenvalue weighted by Gasteiger charge is -2.25. The van der Waals surface area contributed by atoms with Gasteiger partial charge in [-0.05, 0) is 5.56 Å². The number of ketones is 1. The molecule has 21 heavy (non-hydrogen) atoms. The first-order valence-electron chi connectivity index (χ1n) is 6.43.